The second-order valence-electron chi connectivity index (χ2n) is 8.03. The van der Waals surface area contributed by atoms with Gasteiger partial charge in [0.05, 0.1) is 12.3 Å². The molecule has 0 aliphatic carbocycles. The number of ether oxygens (including phenoxy) is 2. The van der Waals surface area contributed by atoms with Gasteiger partial charge in [0.25, 0.3) is 5.13 Å². The van der Waals surface area contributed by atoms with Crippen molar-refractivity contribution in [1.29, 1.82) is 0 Å². The molecule has 2 aromatic rings. The lowest BCUT2D eigenvalue weighted by Crippen LogP contribution is -2.45. The number of rotatable bonds is 12. The molecule has 0 spiro atoms. The number of hydrogen-bond acceptors (Lipinski definition) is 11. The molecule has 1 aromatic heterocycles. The molecule has 1 N–H and O–H groups in total. The summed E-state index contributed by atoms with van der Waals surface area (Å²) in [6.45, 7) is 6.92. The molecular weight excluding hydrogens is 492 g/mol. The van der Waals surface area contributed by atoms with Gasteiger partial charge in [0.15, 0.2) is 0 Å². The van der Waals surface area contributed by atoms with Gasteiger partial charge in [0, 0.05) is 36.1 Å². The molecule has 1 aliphatic rings. The average molecular weight is 524 g/mol. The van der Waals surface area contributed by atoms with Gasteiger partial charge in [0.1, 0.15) is 12.3 Å². The summed E-state index contributed by atoms with van der Waals surface area (Å²) in [7, 11) is 1.51. The van der Waals surface area contributed by atoms with Crippen molar-refractivity contribution in [1.82, 2.24) is 10.2 Å². The van der Waals surface area contributed by atoms with Crippen LogP contribution in [0.4, 0.5) is 22.2 Å². The van der Waals surface area contributed by atoms with Crippen LogP contribution in [0, 0.1) is 0 Å². The van der Waals surface area contributed by atoms with Crippen LogP contribution in [0.25, 0.3) is 0 Å². The first kappa shape index (κ1) is 27.1. The Morgan fingerprint density at radius 1 is 1.29 bits per heavy atom. The van der Waals surface area contributed by atoms with Crippen molar-refractivity contribution in [2.24, 2.45) is 10.2 Å². The maximum Gasteiger partial charge on any atom is 0.369 e. The third-order valence-corrected chi connectivity index (χ3v) is 7.14. The molecule has 1 aliphatic heterocycles. The fraction of sp³-hybridized carbons (Fsp3) is 0.591. The summed E-state index contributed by atoms with van der Waals surface area (Å²) in [4.78, 5) is 14.4. The molecule has 2 unspecified atom stereocenters. The highest BCUT2D eigenvalue weighted by molar-refractivity contribution is 7.80. The standard InChI is InChI=1S/C22H32N6O5S2/c1-5-15(6-2)28-16(7-3)9-8-14-12-17(18(13-19(14)28)27-35(30)31)23-25-22-26-24-20(34-22)21(29)33-11-10-32-4/h12-13,15-16,27H,5-11H2,1-4H3,(H,30,31)/p-1. The average Bonchev–Trinajstić information content (AvgIpc) is 3.32. The van der Waals surface area contributed by atoms with Gasteiger partial charge in [-0.25, -0.2) is 4.79 Å². The molecule has 0 radical (unpaired) electrons. The lowest BCUT2D eigenvalue weighted by Gasteiger charge is -2.44. The van der Waals surface area contributed by atoms with Gasteiger partial charge >= 0.3 is 5.97 Å². The summed E-state index contributed by atoms with van der Waals surface area (Å²) in [5, 5.41) is 16.2. The number of fused-ring (bicyclic) bond motifs is 1. The SMILES string of the molecule is CCC(CC)N1c2cc(NS(=O)[O-])c(N=Nc3nnc(C(=O)OCCOC)s3)cc2CCC1CC. The maximum atomic E-state index is 12.0. The van der Waals surface area contributed by atoms with E-state index in [4.69, 9.17) is 9.47 Å². The van der Waals surface area contributed by atoms with Gasteiger partial charge in [-0.15, -0.1) is 20.4 Å². The molecule has 3 rings (SSSR count). The van der Waals surface area contributed by atoms with E-state index >= 15 is 0 Å². The largest absolute Gasteiger partial charge is 0.755 e. The number of anilines is 2. The summed E-state index contributed by atoms with van der Waals surface area (Å²) in [5.41, 5.74) is 2.82. The smallest absolute Gasteiger partial charge is 0.369 e. The number of carbonyl (C=O) groups is 1. The zero-order valence-electron chi connectivity index (χ0n) is 20.4. The number of aryl methyl sites for hydroxylation is 1. The van der Waals surface area contributed by atoms with Crippen LogP contribution in [0.3, 0.4) is 0 Å². The van der Waals surface area contributed by atoms with Gasteiger partial charge in [-0.2, -0.15) is 0 Å². The molecule has 1 aromatic carbocycles. The van der Waals surface area contributed by atoms with Crippen LogP contribution in [-0.4, -0.2) is 57.3 Å². The van der Waals surface area contributed by atoms with Crippen molar-refractivity contribution in [2.75, 3.05) is 29.9 Å². The van der Waals surface area contributed by atoms with Crippen LogP contribution >= 0.6 is 11.3 Å². The van der Waals surface area contributed by atoms with E-state index < -0.39 is 17.2 Å². The molecule has 11 nitrogen and oxygen atoms in total. The van der Waals surface area contributed by atoms with Crippen molar-refractivity contribution >= 4 is 50.8 Å². The Kier molecular flexibility index (Phi) is 10.1. The number of hydrogen-bond donors (Lipinski definition) is 1. The minimum absolute atomic E-state index is 0.0472. The van der Waals surface area contributed by atoms with E-state index in [0.29, 0.717) is 23.5 Å². The normalized spacial score (nSPS) is 16.5. The number of nitrogens with zero attached hydrogens (tertiary/aromatic N) is 5. The predicted octanol–water partition coefficient (Wildman–Crippen LogP) is 4.68. The Bertz CT molecular complexity index is 1060. The monoisotopic (exact) mass is 523 g/mol. The van der Waals surface area contributed by atoms with Crippen molar-refractivity contribution in [3.63, 3.8) is 0 Å². The minimum Gasteiger partial charge on any atom is -0.755 e. The summed E-state index contributed by atoms with van der Waals surface area (Å²) in [6, 6.07) is 4.48. The molecule has 35 heavy (non-hydrogen) atoms. The number of esters is 1. The van der Waals surface area contributed by atoms with E-state index in [1.165, 1.54) is 7.11 Å². The van der Waals surface area contributed by atoms with Crippen LogP contribution in [0.15, 0.2) is 22.4 Å². The van der Waals surface area contributed by atoms with E-state index in [1.54, 1.807) is 0 Å². The fourth-order valence-electron chi connectivity index (χ4n) is 4.27. The summed E-state index contributed by atoms with van der Waals surface area (Å²) in [6.07, 6.45) is 4.89. The number of aromatic nitrogens is 2. The van der Waals surface area contributed by atoms with E-state index in [-0.39, 0.29) is 23.4 Å². The molecule has 0 saturated heterocycles. The summed E-state index contributed by atoms with van der Waals surface area (Å²) in [5.74, 6) is -0.620. The second-order valence-corrected chi connectivity index (χ2v) is 9.66. The van der Waals surface area contributed by atoms with Gasteiger partial charge in [-0.05, 0) is 49.8 Å². The molecular formula is C22H31N6O5S2-. The zero-order valence-corrected chi connectivity index (χ0v) is 22.0. The van der Waals surface area contributed by atoms with Gasteiger partial charge in [-0.1, -0.05) is 32.1 Å². The number of methoxy groups -OCH3 is 1. The Morgan fingerprint density at radius 3 is 2.71 bits per heavy atom. The van der Waals surface area contributed by atoms with E-state index in [1.807, 2.05) is 12.1 Å². The second kappa shape index (κ2) is 13.0. The zero-order chi connectivity index (χ0) is 25.4. The van der Waals surface area contributed by atoms with Crippen LogP contribution in [0.1, 0.15) is 61.8 Å². The lowest BCUT2D eigenvalue weighted by atomic mass is 9.90. The number of nitrogens with one attached hydrogen (secondary N) is 1. The van der Waals surface area contributed by atoms with Crippen LogP contribution in [0.5, 0.6) is 0 Å². The summed E-state index contributed by atoms with van der Waals surface area (Å²) < 4.78 is 35.4. The molecule has 192 valence electrons. The van der Waals surface area contributed by atoms with Crippen LogP contribution in [0.2, 0.25) is 0 Å². The van der Waals surface area contributed by atoms with Crippen molar-refractivity contribution in [3.8, 4) is 0 Å². The molecule has 0 amide bonds. The van der Waals surface area contributed by atoms with Crippen LogP contribution < -0.4 is 9.62 Å². The maximum absolute atomic E-state index is 12.0. The molecule has 0 fully saturated rings. The van der Waals surface area contributed by atoms with E-state index in [0.717, 1.165) is 54.7 Å². The lowest BCUT2D eigenvalue weighted by molar-refractivity contribution is 0.0387. The predicted molar refractivity (Wildman–Crippen MR) is 134 cm³/mol. The topological polar surface area (TPSA) is 141 Å². The highest BCUT2D eigenvalue weighted by Crippen LogP contribution is 2.41. The molecule has 13 heteroatoms. The molecule has 0 saturated carbocycles. The third-order valence-electron chi connectivity index (χ3n) is 5.97. The van der Waals surface area contributed by atoms with Crippen molar-refractivity contribution < 1.29 is 23.0 Å². The molecule has 2 heterocycles. The number of benzene rings is 1. The van der Waals surface area contributed by atoms with Gasteiger partial charge in [0.2, 0.25) is 5.01 Å². The van der Waals surface area contributed by atoms with Gasteiger partial charge < -0.3 is 23.6 Å². The Balaban J connectivity index is 1.91. The fourth-order valence-corrected chi connectivity index (χ4v) is 5.17. The van der Waals surface area contributed by atoms with Crippen molar-refractivity contribution in [3.05, 3.63) is 22.7 Å². The number of azo groups is 1. The highest BCUT2D eigenvalue weighted by atomic mass is 32.2. The number of carbonyl (C=O) groups excluding carboxylic acids is 1. The third kappa shape index (κ3) is 6.81. The van der Waals surface area contributed by atoms with Crippen LogP contribution in [-0.2, 0) is 27.2 Å². The molecule has 0 bridgehead atoms. The Morgan fingerprint density at radius 2 is 2.06 bits per heavy atom. The van der Waals surface area contributed by atoms with Gasteiger partial charge in [-0.3, -0.25) is 4.21 Å². The Hall–Kier alpha value is -2.48. The highest BCUT2D eigenvalue weighted by Gasteiger charge is 2.30. The first-order valence-corrected chi connectivity index (χ1v) is 13.5. The first-order valence-electron chi connectivity index (χ1n) is 11.6. The minimum atomic E-state index is -2.54. The quantitative estimate of drug-likeness (QED) is 0.183. The van der Waals surface area contributed by atoms with E-state index in [2.05, 4.69) is 50.8 Å². The summed E-state index contributed by atoms with van der Waals surface area (Å²) >= 11 is -1.60. The molecule has 2 atom stereocenters. The first-order chi connectivity index (χ1) is 16.9. The van der Waals surface area contributed by atoms with E-state index in [9.17, 15) is 13.6 Å². The van der Waals surface area contributed by atoms with Crippen molar-refractivity contribution in [2.45, 2.75) is 65.0 Å². The Labute approximate surface area is 211 Å².